The zero-order chi connectivity index (χ0) is 30.3. The predicted octanol–water partition coefficient (Wildman–Crippen LogP) is 6.95. The molecule has 0 aliphatic heterocycles. The van der Waals surface area contributed by atoms with Gasteiger partial charge in [0.05, 0.1) is 34.6 Å². The van der Waals surface area contributed by atoms with E-state index in [1.165, 1.54) is 12.3 Å². The molecule has 0 unspecified atom stereocenters. The summed E-state index contributed by atoms with van der Waals surface area (Å²) in [6.45, 7) is 4.88. The number of pyridine rings is 2. The third-order valence-corrected chi connectivity index (χ3v) is 6.64. The van der Waals surface area contributed by atoms with Crippen LogP contribution in [-0.4, -0.2) is 48.0 Å². The van der Waals surface area contributed by atoms with Crippen LogP contribution in [0.5, 0.6) is 17.2 Å². The molecule has 0 bridgehead atoms. The van der Waals surface area contributed by atoms with Crippen LogP contribution in [0.25, 0.3) is 21.8 Å². The molecule has 2 N–H and O–H groups in total. The van der Waals surface area contributed by atoms with E-state index in [0.717, 1.165) is 22.2 Å². The van der Waals surface area contributed by atoms with Crippen LogP contribution < -0.4 is 20.1 Å². The molecule has 43 heavy (non-hydrogen) atoms. The van der Waals surface area contributed by atoms with Gasteiger partial charge in [0.1, 0.15) is 23.3 Å². The number of aryl methyl sites for hydroxylation is 1. The molecule has 2 heterocycles. The maximum Gasteiger partial charge on any atom is 0.248 e. The number of aromatic nitrogens is 2. The monoisotopic (exact) mass is 572 g/mol. The fourth-order valence-electron chi connectivity index (χ4n) is 4.58. The Morgan fingerprint density at radius 1 is 1.05 bits per heavy atom. The second kappa shape index (κ2) is 13.0. The van der Waals surface area contributed by atoms with Gasteiger partial charge in [-0.3, -0.25) is 14.8 Å². The van der Waals surface area contributed by atoms with Crippen molar-refractivity contribution in [3.8, 4) is 23.3 Å². The van der Waals surface area contributed by atoms with Gasteiger partial charge >= 0.3 is 0 Å². The lowest BCUT2D eigenvalue weighted by atomic mass is 10.1. The number of nitriles is 1. The highest BCUT2D eigenvalue weighted by molar-refractivity contribution is 6.05. The van der Waals surface area contributed by atoms with Gasteiger partial charge in [-0.25, -0.2) is 0 Å². The van der Waals surface area contributed by atoms with Crippen LogP contribution in [0.15, 0.2) is 85.2 Å². The van der Waals surface area contributed by atoms with Gasteiger partial charge in [-0.05, 0) is 76.0 Å². The van der Waals surface area contributed by atoms with Crippen molar-refractivity contribution in [3.05, 3.63) is 96.3 Å². The molecule has 3 aromatic carbocycles. The van der Waals surface area contributed by atoms with E-state index in [-0.39, 0.29) is 5.91 Å². The number of carbonyl (C=O) groups is 1. The summed E-state index contributed by atoms with van der Waals surface area (Å²) in [5.41, 5.74) is 4.56. The summed E-state index contributed by atoms with van der Waals surface area (Å²) in [5.74, 6) is 1.61. The molecule has 5 rings (SSSR count). The van der Waals surface area contributed by atoms with E-state index in [4.69, 9.17) is 9.47 Å². The molecule has 0 aliphatic rings. The summed E-state index contributed by atoms with van der Waals surface area (Å²) in [5, 5.41) is 17.9. The van der Waals surface area contributed by atoms with E-state index in [9.17, 15) is 10.1 Å². The SMILES string of the molecule is CCOc1cc2ncc(C#N)c(Nc3ccc(Oc4ccc5cccnc5c4)c(C)c3)c2cc1NC(=O)/C=C/CN(C)C. The second-order valence-electron chi connectivity index (χ2n) is 10.2. The Kier molecular flexibility index (Phi) is 8.79. The topological polar surface area (TPSA) is 112 Å². The summed E-state index contributed by atoms with van der Waals surface area (Å²) in [7, 11) is 3.86. The highest BCUT2D eigenvalue weighted by Crippen LogP contribution is 2.37. The largest absolute Gasteiger partial charge is 0.492 e. The van der Waals surface area contributed by atoms with Crippen LogP contribution in [0.4, 0.5) is 17.1 Å². The molecule has 216 valence electrons. The van der Waals surface area contributed by atoms with E-state index in [1.807, 2.05) is 81.4 Å². The number of likely N-dealkylation sites (N-methyl/N-ethyl adjacent to an activating group) is 1. The van der Waals surface area contributed by atoms with E-state index in [2.05, 4.69) is 26.7 Å². The Labute approximate surface area is 250 Å². The van der Waals surface area contributed by atoms with Gasteiger partial charge in [-0.1, -0.05) is 12.1 Å². The first-order valence-electron chi connectivity index (χ1n) is 13.9. The minimum atomic E-state index is -0.283. The summed E-state index contributed by atoms with van der Waals surface area (Å²) in [6.07, 6.45) is 6.56. The molecule has 0 spiro atoms. The van der Waals surface area contributed by atoms with Gasteiger partial charge in [0, 0.05) is 53.6 Å². The van der Waals surface area contributed by atoms with Gasteiger partial charge in [-0.2, -0.15) is 5.26 Å². The van der Waals surface area contributed by atoms with Crippen molar-refractivity contribution >= 4 is 44.8 Å². The molecule has 2 aromatic heterocycles. The smallest absolute Gasteiger partial charge is 0.248 e. The van der Waals surface area contributed by atoms with Gasteiger partial charge in [0.15, 0.2) is 0 Å². The molecule has 0 radical (unpaired) electrons. The number of carbonyl (C=O) groups excluding carboxylic acids is 1. The Morgan fingerprint density at radius 2 is 1.91 bits per heavy atom. The lowest BCUT2D eigenvalue weighted by Gasteiger charge is -2.17. The number of ether oxygens (including phenoxy) is 2. The predicted molar refractivity (Wildman–Crippen MR) is 170 cm³/mol. The molecule has 1 amide bonds. The molecule has 0 saturated heterocycles. The van der Waals surface area contributed by atoms with Gasteiger partial charge < -0.3 is 25.0 Å². The Morgan fingerprint density at radius 3 is 2.67 bits per heavy atom. The average molecular weight is 573 g/mol. The molecular weight excluding hydrogens is 540 g/mol. The Bertz CT molecular complexity index is 1880. The third kappa shape index (κ3) is 6.89. The number of benzene rings is 3. The van der Waals surface area contributed by atoms with Gasteiger partial charge in [0.25, 0.3) is 0 Å². The van der Waals surface area contributed by atoms with E-state index < -0.39 is 0 Å². The van der Waals surface area contributed by atoms with Crippen molar-refractivity contribution in [1.82, 2.24) is 14.9 Å². The number of amides is 1. The number of nitrogens with zero attached hydrogens (tertiary/aromatic N) is 4. The van der Waals surface area contributed by atoms with Crippen molar-refractivity contribution in [2.75, 3.05) is 37.9 Å². The van der Waals surface area contributed by atoms with Crippen molar-refractivity contribution in [2.45, 2.75) is 13.8 Å². The van der Waals surface area contributed by atoms with Crippen LogP contribution >= 0.6 is 0 Å². The number of hydrogen-bond donors (Lipinski definition) is 2. The molecule has 9 heteroatoms. The molecule has 0 aliphatic carbocycles. The first-order chi connectivity index (χ1) is 20.8. The highest BCUT2D eigenvalue weighted by atomic mass is 16.5. The quantitative estimate of drug-likeness (QED) is 0.173. The standard InChI is InChI=1S/C34H32N6O3/c1-5-42-32-19-29-27(18-30(32)39-33(41)9-7-15-40(3)4)34(24(20-35)21-37-29)38-25-11-13-31(22(2)16-25)43-26-12-10-23-8-6-14-36-28(23)17-26/h6-14,16-19,21H,5,15H2,1-4H3,(H,37,38)(H,39,41)/b9-7+. The summed E-state index contributed by atoms with van der Waals surface area (Å²) >= 11 is 0. The number of nitrogens with one attached hydrogen (secondary N) is 2. The van der Waals surface area contributed by atoms with Crippen molar-refractivity contribution in [2.24, 2.45) is 0 Å². The highest BCUT2D eigenvalue weighted by Gasteiger charge is 2.16. The van der Waals surface area contributed by atoms with Gasteiger partial charge in [-0.15, -0.1) is 0 Å². The lowest BCUT2D eigenvalue weighted by Crippen LogP contribution is -2.13. The van der Waals surface area contributed by atoms with Crippen molar-refractivity contribution in [1.29, 1.82) is 5.26 Å². The summed E-state index contributed by atoms with van der Waals surface area (Å²) in [6, 6.07) is 21.2. The second-order valence-corrected chi connectivity index (χ2v) is 10.2. The maximum atomic E-state index is 12.7. The fourth-order valence-corrected chi connectivity index (χ4v) is 4.58. The van der Waals surface area contributed by atoms with Crippen LogP contribution in [-0.2, 0) is 4.79 Å². The third-order valence-electron chi connectivity index (χ3n) is 6.64. The van der Waals surface area contributed by atoms with E-state index in [0.29, 0.717) is 58.2 Å². The summed E-state index contributed by atoms with van der Waals surface area (Å²) in [4.78, 5) is 23.5. The van der Waals surface area contributed by atoms with E-state index >= 15 is 0 Å². The number of rotatable bonds is 10. The normalized spacial score (nSPS) is 11.2. The molecule has 5 aromatic rings. The van der Waals surface area contributed by atoms with Crippen LogP contribution in [0.2, 0.25) is 0 Å². The number of anilines is 3. The van der Waals surface area contributed by atoms with Gasteiger partial charge in [0.2, 0.25) is 5.91 Å². The number of hydrogen-bond acceptors (Lipinski definition) is 8. The number of fused-ring (bicyclic) bond motifs is 2. The van der Waals surface area contributed by atoms with Crippen molar-refractivity contribution in [3.63, 3.8) is 0 Å². The zero-order valence-corrected chi connectivity index (χ0v) is 24.5. The zero-order valence-electron chi connectivity index (χ0n) is 24.5. The van der Waals surface area contributed by atoms with E-state index in [1.54, 1.807) is 24.4 Å². The lowest BCUT2D eigenvalue weighted by molar-refractivity contribution is -0.111. The minimum Gasteiger partial charge on any atom is -0.492 e. The molecule has 0 saturated carbocycles. The van der Waals surface area contributed by atoms with Crippen LogP contribution in [0.1, 0.15) is 18.1 Å². The molecular formula is C34H32N6O3. The maximum absolute atomic E-state index is 12.7. The fraction of sp³-hybridized carbons (Fsp3) is 0.176. The van der Waals surface area contributed by atoms with Crippen molar-refractivity contribution < 1.29 is 14.3 Å². The minimum absolute atomic E-state index is 0.283. The van der Waals surface area contributed by atoms with Crippen LogP contribution in [0.3, 0.4) is 0 Å². The molecule has 0 atom stereocenters. The van der Waals surface area contributed by atoms with Crippen LogP contribution in [0, 0.1) is 18.3 Å². The Balaban J connectivity index is 1.45. The molecule has 0 fully saturated rings. The molecule has 9 nitrogen and oxygen atoms in total. The Hall–Kier alpha value is -5.46. The average Bonchev–Trinajstić information content (AvgIpc) is 2.99. The summed E-state index contributed by atoms with van der Waals surface area (Å²) < 4.78 is 12.0. The first-order valence-corrected chi connectivity index (χ1v) is 13.9. The first kappa shape index (κ1) is 29.0.